The van der Waals surface area contributed by atoms with Gasteiger partial charge in [-0.05, 0) is 100 Å². The van der Waals surface area contributed by atoms with Gasteiger partial charge in [-0.25, -0.2) is 29.9 Å². The Morgan fingerprint density at radius 3 is 1.02 bits per heavy atom. The van der Waals surface area contributed by atoms with Crippen molar-refractivity contribution in [2.75, 3.05) is 0 Å². The van der Waals surface area contributed by atoms with E-state index in [1.165, 1.54) is 87.0 Å². The Labute approximate surface area is 653 Å². The highest BCUT2D eigenvalue weighted by Crippen LogP contribution is 2.47. The zero-order valence-electron chi connectivity index (χ0n) is 69.3. The Kier molecular flexibility index (Phi) is 11.3. The fourth-order valence-corrected chi connectivity index (χ4v) is 17.8. The van der Waals surface area contributed by atoms with Crippen LogP contribution in [0.1, 0.15) is 13.7 Å². The lowest BCUT2D eigenvalue weighted by molar-refractivity contribution is 1.08. The minimum absolute atomic E-state index is 0.00248. The summed E-state index contributed by atoms with van der Waals surface area (Å²) in [6.45, 7) is 0. The van der Waals surface area contributed by atoms with Gasteiger partial charge in [0.15, 0.2) is 34.9 Å². The molecule has 0 aliphatic heterocycles. The van der Waals surface area contributed by atoms with E-state index in [-0.39, 0.29) is 28.6 Å². The first-order valence-electron chi connectivity index (χ1n) is 42.2. The van der Waals surface area contributed by atoms with Crippen molar-refractivity contribution in [1.29, 1.82) is 0 Å². The molecular formula is C102H60N10. The summed E-state index contributed by atoms with van der Waals surface area (Å²) in [4.78, 5) is 29.4. The van der Waals surface area contributed by atoms with Crippen LogP contribution in [0.15, 0.2) is 364 Å². The van der Waals surface area contributed by atoms with Crippen LogP contribution in [0.5, 0.6) is 0 Å². The van der Waals surface area contributed by atoms with E-state index in [4.69, 9.17) is 38.6 Å². The number of benzene rings is 17. The van der Waals surface area contributed by atoms with E-state index in [9.17, 15) is 0 Å². The molecule has 0 amide bonds. The van der Waals surface area contributed by atoms with Gasteiger partial charge in [-0.3, -0.25) is 0 Å². The molecule has 0 aliphatic rings. The Morgan fingerprint density at radius 1 is 0.196 bits per heavy atom. The van der Waals surface area contributed by atoms with Crippen LogP contribution in [0.3, 0.4) is 0 Å². The number of para-hydroxylation sites is 6. The maximum Gasteiger partial charge on any atom is 0.164 e. The van der Waals surface area contributed by atoms with E-state index in [0.717, 1.165) is 87.8 Å². The fourth-order valence-electron chi connectivity index (χ4n) is 17.8. The maximum absolute atomic E-state index is 8.79. The summed E-state index contributed by atoms with van der Waals surface area (Å²) in [5.41, 5.74) is 16.1. The minimum atomic E-state index is -0.604. The summed E-state index contributed by atoms with van der Waals surface area (Å²) in [5.74, 6) is 1.29. The monoisotopic (exact) mass is 1430 g/mol. The predicted molar refractivity (Wildman–Crippen MR) is 463 cm³/mol. The van der Waals surface area contributed by atoms with Crippen molar-refractivity contribution >= 4 is 152 Å². The van der Waals surface area contributed by atoms with Crippen LogP contribution >= 0.6 is 0 Å². The molecule has 8 heterocycles. The molecule has 17 aromatic carbocycles. The molecule has 25 aromatic rings. The van der Waals surface area contributed by atoms with Gasteiger partial charge in [-0.15, -0.1) is 0 Å². The van der Waals surface area contributed by atoms with Crippen LogP contribution in [0, 0.1) is 0 Å². The molecule has 0 bridgehead atoms. The molecule has 10 nitrogen and oxygen atoms in total. The lowest BCUT2D eigenvalue weighted by Crippen LogP contribution is -2.02. The molecule has 10 heteroatoms. The molecule has 25 rings (SSSR count). The van der Waals surface area contributed by atoms with Gasteiger partial charge in [-0.1, -0.05) is 285 Å². The number of aromatic nitrogens is 10. The molecule has 0 atom stereocenters. The van der Waals surface area contributed by atoms with E-state index < -0.39 is 60.4 Å². The van der Waals surface area contributed by atoms with Crippen LogP contribution < -0.4 is 0 Å². The highest BCUT2D eigenvalue weighted by atomic mass is 15.1. The normalized spacial score (nSPS) is 13.4. The van der Waals surface area contributed by atoms with Gasteiger partial charge in [0.25, 0.3) is 0 Å². The molecule has 0 unspecified atom stereocenters. The molecule has 0 spiro atoms. The number of rotatable bonds is 8. The molecule has 0 saturated heterocycles. The summed E-state index contributed by atoms with van der Waals surface area (Å²) in [6.07, 6.45) is 0. The van der Waals surface area contributed by atoms with Crippen molar-refractivity contribution in [3.05, 3.63) is 364 Å². The number of fused-ring (bicyclic) bond motifs is 21. The first-order chi connectivity index (χ1) is 59.7. The van der Waals surface area contributed by atoms with Gasteiger partial charge >= 0.3 is 0 Å². The Bertz CT molecular complexity index is 8740. The molecule has 112 heavy (non-hydrogen) atoms. The summed E-state index contributed by atoms with van der Waals surface area (Å²) >= 11 is 0. The van der Waals surface area contributed by atoms with Gasteiger partial charge in [0.1, 0.15) is 0 Å². The largest absolute Gasteiger partial charge is 0.309 e. The molecule has 518 valence electrons. The van der Waals surface area contributed by atoms with Crippen molar-refractivity contribution in [1.82, 2.24) is 47.8 Å². The molecule has 0 radical (unpaired) electrons. The summed E-state index contributed by atoms with van der Waals surface area (Å²) < 4.78 is 94.7. The van der Waals surface area contributed by atoms with E-state index in [2.05, 4.69) is 260 Å². The second kappa shape index (κ2) is 24.1. The lowest BCUT2D eigenvalue weighted by atomic mass is 10.0. The number of hydrogen-bond donors (Lipinski definition) is 0. The third kappa shape index (κ3) is 9.20. The van der Waals surface area contributed by atoms with E-state index in [1.54, 1.807) is 0 Å². The van der Waals surface area contributed by atoms with Crippen LogP contribution in [0.2, 0.25) is 0 Å². The van der Waals surface area contributed by atoms with Crippen molar-refractivity contribution in [2.45, 2.75) is 0 Å². The van der Waals surface area contributed by atoms with Gasteiger partial charge < -0.3 is 17.9 Å². The maximum atomic E-state index is 8.79. The van der Waals surface area contributed by atoms with Crippen LogP contribution in [-0.2, 0) is 0 Å². The van der Waals surface area contributed by atoms with Crippen LogP contribution in [0.25, 0.3) is 232 Å². The van der Waals surface area contributed by atoms with Crippen molar-refractivity contribution in [3.63, 3.8) is 0 Å². The third-order valence-electron chi connectivity index (χ3n) is 22.6. The fraction of sp³-hybridized carbons (Fsp3) is 0. The second-order valence-corrected chi connectivity index (χ2v) is 28.5. The zero-order valence-corrected chi connectivity index (χ0v) is 59.3. The van der Waals surface area contributed by atoms with Crippen molar-refractivity contribution in [2.24, 2.45) is 0 Å². The summed E-state index contributed by atoms with van der Waals surface area (Å²) in [6, 6.07) is 101. The van der Waals surface area contributed by atoms with Crippen LogP contribution in [0.4, 0.5) is 0 Å². The molecule has 0 saturated carbocycles. The first kappa shape index (κ1) is 52.7. The summed E-state index contributed by atoms with van der Waals surface area (Å²) in [7, 11) is 0. The summed E-state index contributed by atoms with van der Waals surface area (Å²) in [5, 5.41) is 20.5. The molecule has 8 aromatic heterocycles. The molecule has 0 aliphatic carbocycles. The Balaban J connectivity index is 0.000000138. The lowest BCUT2D eigenvalue weighted by Gasteiger charge is -2.15. The van der Waals surface area contributed by atoms with E-state index in [0.29, 0.717) is 28.4 Å². The topological polar surface area (TPSA) is 96.0 Å². The average molecular weight is 1440 g/mol. The highest BCUT2D eigenvalue weighted by molar-refractivity contribution is 6.28. The first-order valence-corrected chi connectivity index (χ1v) is 37.2. The Morgan fingerprint density at radius 2 is 0.545 bits per heavy atom. The third-order valence-corrected chi connectivity index (χ3v) is 22.6. The van der Waals surface area contributed by atoms with Gasteiger partial charge in [0.05, 0.1) is 80.2 Å². The van der Waals surface area contributed by atoms with Gasteiger partial charge in [0.2, 0.25) is 0 Å². The van der Waals surface area contributed by atoms with Crippen molar-refractivity contribution in [3.8, 4) is 79.7 Å². The molecule has 0 N–H and O–H groups in total. The van der Waals surface area contributed by atoms with E-state index >= 15 is 0 Å². The minimum Gasteiger partial charge on any atom is -0.309 e. The highest BCUT2D eigenvalue weighted by Gasteiger charge is 2.26. The van der Waals surface area contributed by atoms with Gasteiger partial charge in [-0.2, -0.15) is 0 Å². The van der Waals surface area contributed by atoms with E-state index in [1.807, 2.05) is 66.7 Å². The van der Waals surface area contributed by atoms with Gasteiger partial charge in [0, 0.05) is 109 Å². The van der Waals surface area contributed by atoms with Crippen molar-refractivity contribution < 1.29 is 13.7 Å². The number of nitrogens with zero attached hydrogens (tertiary/aromatic N) is 10. The Hall–Kier alpha value is -15.3. The zero-order chi connectivity index (χ0) is 81.9. The van der Waals surface area contributed by atoms with Crippen LogP contribution in [-0.4, -0.2) is 47.8 Å². The average Bonchev–Trinajstić information content (AvgIpc) is 1.53. The predicted octanol–water partition coefficient (Wildman–Crippen LogP) is 25.7. The quantitative estimate of drug-likeness (QED) is 0.150. The smallest absolute Gasteiger partial charge is 0.164 e. The molecule has 0 fully saturated rings. The standard InChI is InChI=1S/C53H31N5.C49H29N5/c1-2-14-33(15-3-1)51-54-52(35-26-25-32-13-4-5-16-34(32)29-35)56-53(55-51)42-27-28-47(37-18-7-6-17-36(37)42)57-45-23-10-9-20-39(45)43-30-44-41-22-12-21-40-38-19-8-11-24-46(38)58(50(40)41)49(44)31-48(43)57;1-3-14-30(15-4-1)47-50-48(31-16-5-2-6-17-31)52-49(51-47)38-26-27-43(33-19-8-7-18-32(33)38)53-41-24-11-10-21-35(41)39-28-40-37-23-13-22-36-34-20-9-12-25-42(34)54(46(36)37)45(40)29-44(39)53/h1-31H;1-29H/i;1D,2D,3D,4D,5D,6D,14D,15D,16D,17D. The SMILES string of the molecule is [2H]c1c([2H])c([2H])c(-c2nc(-c3c([2H])c([2H])c([2H])c([2H])c3[2H])nc(-c3ccc(-n4c5ccccc5c5cc6c7cccc8c9ccccc9n(c6cc54)c87)c4ccccc34)n2)c([2H])c1[2H].c1ccc(-c2nc(-c3ccc4ccccc4c3)nc(-c3ccc(-n4c5ccccc5c5cc6c7cccc8c9ccccc9n(c6cc54)c87)c4ccccc34)n2)cc1. The second-order valence-electron chi connectivity index (χ2n) is 28.5. The number of hydrogen-bond acceptors (Lipinski definition) is 6. The molecular weight excluding hydrogens is 1370 g/mol.